The summed E-state index contributed by atoms with van der Waals surface area (Å²) in [7, 11) is 0. The largest absolute Gasteiger partial charge is 0.481 e. The van der Waals surface area contributed by atoms with E-state index in [-0.39, 0.29) is 18.2 Å². The Labute approximate surface area is 184 Å². The molecule has 1 aliphatic heterocycles. The number of hydrogen-bond donors (Lipinski definition) is 1. The second-order valence-corrected chi connectivity index (χ2v) is 9.04. The first-order chi connectivity index (χ1) is 14.4. The molecule has 3 nitrogen and oxygen atoms in total. The van der Waals surface area contributed by atoms with Gasteiger partial charge in [0.05, 0.1) is 11.9 Å². The Balaban J connectivity index is 2.00. The zero-order valence-electron chi connectivity index (χ0n) is 16.9. The monoisotopic (exact) mass is 443 g/mol. The zero-order valence-corrected chi connectivity index (χ0v) is 18.5. The maximum absolute atomic E-state index is 14.6. The highest BCUT2D eigenvalue weighted by Crippen LogP contribution is 2.49. The van der Waals surface area contributed by atoms with E-state index in [1.165, 1.54) is 0 Å². The molecule has 0 saturated carbocycles. The van der Waals surface area contributed by atoms with Gasteiger partial charge in [-0.05, 0) is 67.3 Å². The van der Waals surface area contributed by atoms with Gasteiger partial charge in [-0.15, -0.1) is 0 Å². The first-order valence-corrected chi connectivity index (χ1v) is 11.3. The normalized spacial score (nSPS) is 16.3. The molecule has 1 atom stereocenters. The lowest BCUT2D eigenvalue weighted by molar-refractivity contribution is -0.137. The maximum atomic E-state index is 14.6. The Morgan fingerprint density at radius 1 is 1.33 bits per heavy atom. The van der Waals surface area contributed by atoms with E-state index in [0.29, 0.717) is 11.6 Å². The Hall–Kier alpha value is -2.24. The van der Waals surface area contributed by atoms with E-state index in [1.54, 1.807) is 23.9 Å². The molecule has 1 aliphatic rings. The van der Waals surface area contributed by atoms with Crippen molar-refractivity contribution >= 4 is 45.8 Å². The molecule has 3 aromatic rings. The quantitative estimate of drug-likeness (QED) is 0.432. The molecule has 0 fully saturated rings. The van der Waals surface area contributed by atoms with Crippen molar-refractivity contribution in [2.75, 3.05) is 0 Å². The first-order valence-electron chi connectivity index (χ1n) is 10.1. The molecular formula is C24H23ClFNO2S. The van der Waals surface area contributed by atoms with Gasteiger partial charge < -0.3 is 9.67 Å². The van der Waals surface area contributed by atoms with Crippen molar-refractivity contribution in [2.24, 2.45) is 0 Å². The molecule has 2 aromatic carbocycles. The van der Waals surface area contributed by atoms with Gasteiger partial charge in [-0.2, -0.15) is 0 Å². The molecule has 0 radical (unpaired) electrons. The summed E-state index contributed by atoms with van der Waals surface area (Å²) in [5.41, 5.74) is 3.82. The van der Waals surface area contributed by atoms with Gasteiger partial charge in [-0.1, -0.05) is 36.4 Å². The third kappa shape index (κ3) is 3.77. The molecule has 0 spiro atoms. The summed E-state index contributed by atoms with van der Waals surface area (Å²) in [6, 6.07) is 10.8. The average Bonchev–Trinajstić information content (AvgIpc) is 3.24. The molecule has 1 aromatic heterocycles. The summed E-state index contributed by atoms with van der Waals surface area (Å²) in [4.78, 5) is 13.6. The SMILES string of the molecule is C/C=C(\CC)c1cc(F)cc2c1c(Sc1ccc(Cl)cc1)c1n2CCC1CC(=O)O. The molecule has 0 aliphatic carbocycles. The van der Waals surface area contributed by atoms with Crippen molar-refractivity contribution in [3.05, 3.63) is 64.6 Å². The summed E-state index contributed by atoms with van der Waals surface area (Å²) < 4.78 is 16.8. The summed E-state index contributed by atoms with van der Waals surface area (Å²) >= 11 is 7.66. The number of carbonyl (C=O) groups is 1. The van der Waals surface area contributed by atoms with Crippen molar-refractivity contribution in [1.29, 1.82) is 0 Å². The number of aromatic nitrogens is 1. The smallest absolute Gasteiger partial charge is 0.304 e. The van der Waals surface area contributed by atoms with E-state index in [4.69, 9.17) is 11.6 Å². The number of fused-ring (bicyclic) bond motifs is 3. The van der Waals surface area contributed by atoms with Gasteiger partial charge in [0.2, 0.25) is 0 Å². The van der Waals surface area contributed by atoms with Crippen LogP contribution in [0.2, 0.25) is 5.02 Å². The Kier molecular flexibility index (Phi) is 5.94. The summed E-state index contributed by atoms with van der Waals surface area (Å²) in [6.45, 7) is 4.73. The third-order valence-electron chi connectivity index (χ3n) is 5.74. The minimum Gasteiger partial charge on any atom is -0.481 e. The van der Waals surface area contributed by atoms with Crippen LogP contribution in [0.3, 0.4) is 0 Å². The van der Waals surface area contributed by atoms with Crippen LogP contribution in [0.1, 0.15) is 50.3 Å². The van der Waals surface area contributed by atoms with Crippen LogP contribution in [0.15, 0.2) is 52.3 Å². The number of carboxylic acids is 1. The van der Waals surface area contributed by atoms with Crippen molar-refractivity contribution in [1.82, 2.24) is 4.57 Å². The van der Waals surface area contributed by atoms with Gasteiger partial charge in [-0.25, -0.2) is 4.39 Å². The number of aliphatic carboxylic acids is 1. The topological polar surface area (TPSA) is 42.2 Å². The Bertz CT molecular complexity index is 1150. The van der Waals surface area contributed by atoms with Gasteiger partial charge in [0.1, 0.15) is 5.82 Å². The van der Waals surface area contributed by atoms with Gasteiger partial charge in [0.25, 0.3) is 0 Å². The van der Waals surface area contributed by atoms with Gasteiger partial charge in [0, 0.05) is 38.4 Å². The summed E-state index contributed by atoms with van der Waals surface area (Å²) in [6.07, 6.45) is 3.65. The lowest BCUT2D eigenvalue weighted by atomic mass is 9.96. The second-order valence-electron chi connectivity index (χ2n) is 7.52. The van der Waals surface area contributed by atoms with Gasteiger partial charge in [0.15, 0.2) is 0 Å². The molecule has 30 heavy (non-hydrogen) atoms. The predicted molar refractivity (Wildman–Crippen MR) is 121 cm³/mol. The molecule has 4 rings (SSSR count). The van der Waals surface area contributed by atoms with E-state index in [0.717, 1.165) is 50.4 Å². The highest BCUT2D eigenvalue weighted by molar-refractivity contribution is 7.99. The number of benzene rings is 2. The van der Waals surface area contributed by atoms with Gasteiger partial charge in [-0.3, -0.25) is 4.79 Å². The zero-order chi connectivity index (χ0) is 21.4. The molecule has 156 valence electrons. The fourth-order valence-electron chi connectivity index (χ4n) is 4.43. The number of nitrogens with zero attached hydrogens (tertiary/aromatic N) is 1. The number of hydrogen-bond acceptors (Lipinski definition) is 2. The van der Waals surface area contributed by atoms with E-state index in [9.17, 15) is 14.3 Å². The Morgan fingerprint density at radius 3 is 2.70 bits per heavy atom. The van der Waals surface area contributed by atoms with Crippen LogP contribution in [0.5, 0.6) is 0 Å². The van der Waals surface area contributed by atoms with E-state index >= 15 is 0 Å². The van der Waals surface area contributed by atoms with E-state index in [2.05, 4.69) is 11.5 Å². The number of rotatable bonds is 6. The van der Waals surface area contributed by atoms with Crippen molar-refractivity contribution in [2.45, 2.75) is 55.4 Å². The standard InChI is InChI=1S/C24H23ClFNO2S/c1-3-14(4-2)19-12-17(26)13-20-22(19)24(30-18-7-5-16(25)6-8-18)23-15(11-21(28)29)9-10-27(20)23/h3,5-8,12-13,15H,4,9-11H2,1-2H3,(H,28,29)/b14-3+. The molecule has 0 bridgehead atoms. The van der Waals surface area contributed by atoms with Crippen molar-refractivity contribution < 1.29 is 14.3 Å². The molecule has 1 N–H and O–H groups in total. The lowest BCUT2D eigenvalue weighted by Gasteiger charge is -2.13. The molecule has 0 saturated heterocycles. The minimum absolute atomic E-state index is 0.0760. The molecular weight excluding hydrogens is 421 g/mol. The second kappa shape index (κ2) is 8.48. The minimum atomic E-state index is -0.810. The lowest BCUT2D eigenvalue weighted by Crippen LogP contribution is -2.04. The van der Waals surface area contributed by atoms with Gasteiger partial charge >= 0.3 is 5.97 Å². The first kappa shape index (κ1) is 21.0. The van der Waals surface area contributed by atoms with E-state index < -0.39 is 5.97 Å². The summed E-state index contributed by atoms with van der Waals surface area (Å²) in [5.74, 6) is -1.16. The van der Waals surface area contributed by atoms with E-state index in [1.807, 2.05) is 37.3 Å². The number of halogens is 2. The maximum Gasteiger partial charge on any atom is 0.304 e. The molecule has 0 amide bonds. The highest BCUT2D eigenvalue weighted by atomic mass is 35.5. The fourth-order valence-corrected chi connectivity index (χ4v) is 5.76. The average molecular weight is 444 g/mol. The van der Waals surface area contributed by atoms with Crippen LogP contribution in [0.25, 0.3) is 16.5 Å². The molecule has 2 heterocycles. The fraction of sp³-hybridized carbons (Fsp3) is 0.292. The van der Waals surface area contributed by atoms with Crippen molar-refractivity contribution in [3.8, 4) is 0 Å². The van der Waals surface area contributed by atoms with Crippen LogP contribution in [-0.4, -0.2) is 15.6 Å². The number of allylic oxidation sites excluding steroid dienone is 2. The van der Waals surface area contributed by atoms with Crippen LogP contribution in [0.4, 0.5) is 4.39 Å². The number of aryl methyl sites for hydroxylation is 1. The molecule has 1 unspecified atom stereocenters. The van der Waals surface area contributed by atoms with Crippen LogP contribution in [-0.2, 0) is 11.3 Å². The van der Waals surface area contributed by atoms with Crippen LogP contribution in [0, 0.1) is 5.82 Å². The van der Waals surface area contributed by atoms with Crippen LogP contribution < -0.4 is 0 Å². The Morgan fingerprint density at radius 2 is 2.07 bits per heavy atom. The summed E-state index contributed by atoms with van der Waals surface area (Å²) in [5, 5.41) is 11.1. The highest BCUT2D eigenvalue weighted by Gasteiger charge is 2.33. The number of carboxylic acid groups (broad SMARTS) is 1. The molecule has 6 heteroatoms. The predicted octanol–water partition coefficient (Wildman–Crippen LogP) is 7.36. The third-order valence-corrected chi connectivity index (χ3v) is 7.12. The van der Waals surface area contributed by atoms with Crippen molar-refractivity contribution in [3.63, 3.8) is 0 Å². The van der Waals surface area contributed by atoms with Crippen LogP contribution >= 0.6 is 23.4 Å².